The molecule has 2 unspecified atom stereocenters. The highest BCUT2D eigenvalue weighted by Crippen LogP contribution is 2.40. The van der Waals surface area contributed by atoms with E-state index in [9.17, 15) is 5.11 Å². The lowest BCUT2D eigenvalue weighted by Gasteiger charge is -2.40. The van der Waals surface area contributed by atoms with Gasteiger partial charge in [0.05, 0.1) is 18.0 Å². The summed E-state index contributed by atoms with van der Waals surface area (Å²) >= 11 is 0. The van der Waals surface area contributed by atoms with Gasteiger partial charge in [0.1, 0.15) is 0 Å². The summed E-state index contributed by atoms with van der Waals surface area (Å²) in [5.41, 5.74) is 12.3. The highest BCUT2D eigenvalue weighted by Gasteiger charge is 2.32. The van der Waals surface area contributed by atoms with Crippen LogP contribution < -0.4 is 5.43 Å². The lowest BCUT2D eigenvalue weighted by Crippen LogP contribution is -2.51. The van der Waals surface area contributed by atoms with Gasteiger partial charge in [-0.3, -0.25) is 4.99 Å². The highest BCUT2D eigenvalue weighted by molar-refractivity contribution is 5.87. The van der Waals surface area contributed by atoms with Crippen molar-refractivity contribution in [2.75, 3.05) is 6.61 Å². The molecule has 25 heavy (non-hydrogen) atoms. The first-order valence-corrected chi connectivity index (χ1v) is 9.18. The maximum absolute atomic E-state index is 9.56. The molecule has 2 aliphatic rings. The number of aliphatic hydroxyl groups excluding tert-OH is 1. The second kappa shape index (κ2) is 7.14. The molecule has 2 aliphatic heterocycles. The first-order valence-electron chi connectivity index (χ1n) is 9.18. The lowest BCUT2D eigenvalue weighted by molar-refractivity contribution is 0.118. The van der Waals surface area contributed by atoms with Crippen molar-refractivity contribution in [1.82, 2.24) is 10.4 Å². The molecule has 0 spiro atoms. The van der Waals surface area contributed by atoms with Crippen molar-refractivity contribution < 1.29 is 5.11 Å². The van der Waals surface area contributed by atoms with Gasteiger partial charge in [0.25, 0.3) is 0 Å². The molecule has 1 aromatic rings. The van der Waals surface area contributed by atoms with Crippen molar-refractivity contribution in [3.05, 3.63) is 51.9 Å². The van der Waals surface area contributed by atoms with Crippen LogP contribution in [0.3, 0.4) is 0 Å². The number of hydrogen-bond acceptors (Lipinski definition) is 4. The summed E-state index contributed by atoms with van der Waals surface area (Å²) in [5.74, 6) is 0. The zero-order valence-electron chi connectivity index (χ0n) is 15.9. The molecule has 4 nitrogen and oxygen atoms in total. The Hall–Kier alpha value is -1.91. The summed E-state index contributed by atoms with van der Waals surface area (Å²) in [4.78, 5) is 4.68. The number of aryl methyl sites for hydroxylation is 3. The number of hydrazine groups is 1. The van der Waals surface area contributed by atoms with Crippen molar-refractivity contribution in [2.45, 2.75) is 59.5 Å². The number of aliphatic hydroxyl groups is 1. The molecule has 3 rings (SSSR count). The number of benzene rings is 1. The van der Waals surface area contributed by atoms with Crippen molar-refractivity contribution in [3.8, 4) is 0 Å². The highest BCUT2D eigenvalue weighted by atomic mass is 16.3. The number of aliphatic imine (C=N–C) groups is 1. The van der Waals surface area contributed by atoms with Gasteiger partial charge in [-0.1, -0.05) is 24.6 Å². The minimum Gasteiger partial charge on any atom is -0.395 e. The van der Waals surface area contributed by atoms with E-state index in [1.165, 1.54) is 27.8 Å². The molecule has 0 radical (unpaired) electrons. The quantitative estimate of drug-likeness (QED) is 0.861. The first kappa shape index (κ1) is 17.9. The van der Waals surface area contributed by atoms with Crippen LogP contribution in [0.1, 0.15) is 48.9 Å². The lowest BCUT2D eigenvalue weighted by atomic mass is 9.86. The zero-order chi connectivity index (χ0) is 18.1. The van der Waals surface area contributed by atoms with Crippen LogP contribution in [0.4, 0.5) is 0 Å². The third-order valence-corrected chi connectivity index (χ3v) is 5.18. The smallest absolute Gasteiger partial charge is 0.0916 e. The van der Waals surface area contributed by atoms with Gasteiger partial charge < -0.3 is 10.1 Å². The molecule has 0 amide bonds. The average molecular weight is 339 g/mol. The predicted octanol–water partition coefficient (Wildman–Crippen LogP) is 3.66. The molecule has 134 valence electrons. The van der Waals surface area contributed by atoms with E-state index in [2.05, 4.69) is 68.3 Å². The number of rotatable bonds is 5. The monoisotopic (exact) mass is 339 g/mol. The zero-order valence-corrected chi connectivity index (χ0v) is 15.9. The van der Waals surface area contributed by atoms with E-state index in [0.29, 0.717) is 6.04 Å². The van der Waals surface area contributed by atoms with E-state index in [0.717, 1.165) is 24.2 Å². The predicted molar refractivity (Wildman–Crippen MR) is 104 cm³/mol. The minimum absolute atomic E-state index is 0.0644. The van der Waals surface area contributed by atoms with Crippen LogP contribution in [0.25, 0.3) is 5.57 Å². The summed E-state index contributed by atoms with van der Waals surface area (Å²) in [6.07, 6.45) is 5.77. The SMILES string of the molecule is CCC(CO)NN1C2=CC=NC2=C(c2c(C)cc(C)cc2C)CC1C. The van der Waals surface area contributed by atoms with E-state index in [4.69, 9.17) is 0 Å². The van der Waals surface area contributed by atoms with Gasteiger partial charge in [0.2, 0.25) is 0 Å². The Morgan fingerprint density at radius 3 is 2.56 bits per heavy atom. The van der Waals surface area contributed by atoms with Crippen LogP contribution in [0.5, 0.6) is 0 Å². The summed E-state index contributed by atoms with van der Waals surface area (Å²) in [6, 6.07) is 4.88. The van der Waals surface area contributed by atoms with Gasteiger partial charge in [0, 0.05) is 18.3 Å². The number of hydrogen-bond donors (Lipinski definition) is 2. The normalized spacial score (nSPS) is 20.8. The second-order valence-corrected chi connectivity index (χ2v) is 7.27. The van der Waals surface area contributed by atoms with E-state index < -0.39 is 0 Å². The van der Waals surface area contributed by atoms with Crippen molar-refractivity contribution in [2.24, 2.45) is 4.99 Å². The van der Waals surface area contributed by atoms with E-state index >= 15 is 0 Å². The van der Waals surface area contributed by atoms with Gasteiger partial charge in [-0.05, 0) is 68.9 Å². The fourth-order valence-corrected chi connectivity index (χ4v) is 4.01. The Labute approximate surface area is 150 Å². The molecule has 4 heteroatoms. The summed E-state index contributed by atoms with van der Waals surface area (Å²) in [7, 11) is 0. The van der Waals surface area contributed by atoms with Crippen LogP contribution in [-0.4, -0.2) is 35.0 Å². The van der Waals surface area contributed by atoms with Gasteiger partial charge in [-0.15, -0.1) is 0 Å². The van der Waals surface area contributed by atoms with Crippen LogP contribution in [0, 0.1) is 20.8 Å². The van der Waals surface area contributed by atoms with Gasteiger partial charge in [0.15, 0.2) is 0 Å². The van der Waals surface area contributed by atoms with Gasteiger partial charge in [-0.25, -0.2) is 5.43 Å². The Morgan fingerprint density at radius 2 is 1.96 bits per heavy atom. The topological polar surface area (TPSA) is 47.9 Å². The maximum Gasteiger partial charge on any atom is 0.0916 e. The third kappa shape index (κ3) is 3.29. The Morgan fingerprint density at radius 1 is 1.28 bits per heavy atom. The molecule has 2 N–H and O–H groups in total. The van der Waals surface area contributed by atoms with Crippen LogP contribution >= 0.6 is 0 Å². The molecule has 0 saturated heterocycles. The second-order valence-electron chi connectivity index (χ2n) is 7.27. The van der Waals surface area contributed by atoms with Gasteiger partial charge >= 0.3 is 0 Å². The third-order valence-electron chi connectivity index (χ3n) is 5.18. The average Bonchev–Trinajstić information content (AvgIpc) is 3.03. The summed E-state index contributed by atoms with van der Waals surface area (Å²) < 4.78 is 0. The molecule has 0 bridgehead atoms. The van der Waals surface area contributed by atoms with E-state index in [1.807, 2.05) is 6.21 Å². The number of fused-ring (bicyclic) bond motifs is 1. The van der Waals surface area contributed by atoms with Crippen LogP contribution in [-0.2, 0) is 0 Å². The number of allylic oxidation sites excluding steroid dienone is 1. The summed E-state index contributed by atoms with van der Waals surface area (Å²) in [5, 5.41) is 11.7. The molecule has 2 atom stereocenters. The molecule has 0 fully saturated rings. The first-order chi connectivity index (χ1) is 12.0. The van der Waals surface area contributed by atoms with Crippen molar-refractivity contribution >= 4 is 11.8 Å². The Kier molecular flexibility index (Phi) is 5.11. The molecule has 2 heterocycles. The van der Waals surface area contributed by atoms with Gasteiger partial charge in [-0.2, -0.15) is 0 Å². The summed E-state index contributed by atoms with van der Waals surface area (Å²) in [6.45, 7) is 11.0. The largest absolute Gasteiger partial charge is 0.395 e. The molecule has 0 aliphatic carbocycles. The van der Waals surface area contributed by atoms with E-state index in [1.54, 1.807) is 0 Å². The fraction of sp³-hybridized carbons (Fsp3) is 0.476. The molecule has 0 aromatic heterocycles. The molecular formula is C21H29N3O. The number of nitrogens with zero attached hydrogens (tertiary/aromatic N) is 2. The van der Waals surface area contributed by atoms with Crippen molar-refractivity contribution in [1.29, 1.82) is 0 Å². The van der Waals surface area contributed by atoms with E-state index in [-0.39, 0.29) is 12.6 Å². The molecule has 0 saturated carbocycles. The fourth-order valence-electron chi connectivity index (χ4n) is 4.01. The minimum atomic E-state index is 0.0644. The van der Waals surface area contributed by atoms with Crippen LogP contribution in [0.15, 0.2) is 34.6 Å². The molecular weight excluding hydrogens is 310 g/mol. The Bertz CT molecular complexity index is 733. The molecule has 1 aromatic carbocycles. The standard InChI is InChI=1S/C21H29N3O/c1-6-17(12-25)23-24-16(5)11-18(21-19(24)7-8-22-21)20-14(3)9-13(2)10-15(20)4/h7-10,16-17,23,25H,6,11-12H2,1-5H3. The maximum atomic E-state index is 9.56. The Balaban J connectivity index is 2.04. The number of nitrogens with one attached hydrogen (secondary N) is 1. The van der Waals surface area contributed by atoms with Crippen LogP contribution in [0.2, 0.25) is 0 Å². The van der Waals surface area contributed by atoms with Crippen molar-refractivity contribution in [3.63, 3.8) is 0 Å².